The van der Waals surface area contributed by atoms with E-state index in [1.165, 1.54) is 37.7 Å². The summed E-state index contributed by atoms with van der Waals surface area (Å²) in [7, 11) is 0. The third kappa shape index (κ3) is 3.97. The standard InChI is InChI=1S/C22H24N2O3/c25-21(18-8-6-17(7-9-18)16-4-2-1-3-5-16)23-19-10-12-20(13-11-19)24-14-15-27-22(24)26/h6-13,16H,1-5,14-15H2,(H,23,25). The average molecular weight is 364 g/mol. The summed E-state index contributed by atoms with van der Waals surface area (Å²) >= 11 is 0. The second-order valence-corrected chi connectivity index (χ2v) is 7.22. The summed E-state index contributed by atoms with van der Waals surface area (Å²) in [5, 5.41) is 2.91. The lowest BCUT2D eigenvalue weighted by molar-refractivity contribution is 0.102. The van der Waals surface area contributed by atoms with E-state index in [0.717, 1.165) is 5.69 Å². The zero-order chi connectivity index (χ0) is 18.6. The van der Waals surface area contributed by atoms with Gasteiger partial charge in [-0.15, -0.1) is 0 Å². The fourth-order valence-electron chi connectivity index (χ4n) is 3.90. The van der Waals surface area contributed by atoms with Crippen LogP contribution in [-0.2, 0) is 4.74 Å². The summed E-state index contributed by atoms with van der Waals surface area (Å²) in [5.74, 6) is 0.513. The second-order valence-electron chi connectivity index (χ2n) is 7.22. The van der Waals surface area contributed by atoms with Gasteiger partial charge in [0.05, 0.1) is 6.54 Å². The van der Waals surface area contributed by atoms with Gasteiger partial charge in [-0.1, -0.05) is 31.4 Å². The summed E-state index contributed by atoms with van der Waals surface area (Å²) in [4.78, 5) is 25.7. The molecule has 27 heavy (non-hydrogen) atoms. The summed E-state index contributed by atoms with van der Waals surface area (Å²) in [6, 6.07) is 15.2. The van der Waals surface area contributed by atoms with Crippen LogP contribution in [0.5, 0.6) is 0 Å². The Bertz CT molecular complexity index is 808. The maximum atomic E-state index is 12.5. The molecule has 0 radical (unpaired) electrons. The van der Waals surface area contributed by atoms with Gasteiger partial charge in [-0.05, 0) is 60.7 Å². The highest BCUT2D eigenvalue weighted by atomic mass is 16.6. The van der Waals surface area contributed by atoms with E-state index in [2.05, 4.69) is 17.4 Å². The molecule has 140 valence electrons. The van der Waals surface area contributed by atoms with Crippen LogP contribution < -0.4 is 10.2 Å². The van der Waals surface area contributed by atoms with Gasteiger partial charge in [-0.25, -0.2) is 4.79 Å². The number of anilines is 2. The summed E-state index contributed by atoms with van der Waals surface area (Å²) < 4.78 is 4.94. The molecule has 0 aromatic heterocycles. The largest absolute Gasteiger partial charge is 0.447 e. The monoisotopic (exact) mass is 364 g/mol. The van der Waals surface area contributed by atoms with Crippen molar-refractivity contribution in [3.05, 3.63) is 59.7 Å². The Morgan fingerprint density at radius 2 is 1.67 bits per heavy atom. The van der Waals surface area contributed by atoms with E-state index in [-0.39, 0.29) is 12.0 Å². The molecule has 0 bridgehead atoms. The topological polar surface area (TPSA) is 58.6 Å². The lowest BCUT2D eigenvalue weighted by Crippen LogP contribution is -2.23. The number of ether oxygens (including phenoxy) is 1. The van der Waals surface area contributed by atoms with Crippen molar-refractivity contribution in [2.45, 2.75) is 38.0 Å². The number of carbonyl (C=O) groups is 2. The van der Waals surface area contributed by atoms with Crippen molar-refractivity contribution in [1.82, 2.24) is 0 Å². The minimum absolute atomic E-state index is 0.126. The number of cyclic esters (lactones) is 1. The molecule has 2 fully saturated rings. The molecule has 5 nitrogen and oxygen atoms in total. The van der Waals surface area contributed by atoms with Crippen LogP contribution in [0.2, 0.25) is 0 Å². The molecular formula is C22H24N2O3. The normalized spacial score (nSPS) is 17.6. The first-order valence-corrected chi connectivity index (χ1v) is 9.66. The minimum Gasteiger partial charge on any atom is -0.447 e. The van der Waals surface area contributed by atoms with Crippen LogP contribution in [0.3, 0.4) is 0 Å². The molecule has 1 aliphatic carbocycles. The van der Waals surface area contributed by atoms with Gasteiger partial charge in [0.15, 0.2) is 0 Å². The van der Waals surface area contributed by atoms with Crippen LogP contribution in [0.4, 0.5) is 16.2 Å². The van der Waals surface area contributed by atoms with Crippen molar-refractivity contribution >= 4 is 23.4 Å². The fourth-order valence-corrected chi connectivity index (χ4v) is 3.90. The molecule has 2 amide bonds. The number of amides is 2. The Kier molecular flexibility index (Phi) is 5.10. The van der Waals surface area contributed by atoms with Crippen molar-refractivity contribution in [3.63, 3.8) is 0 Å². The van der Waals surface area contributed by atoms with Gasteiger partial charge in [-0.2, -0.15) is 0 Å². The summed E-state index contributed by atoms with van der Waals surface area (Å²) in [6.07, 6.45) is 6.13. The van der Waals surface area contributed by atoms with Crippen LogP contribution in [0.25, 0.3) is 0 Å². The summed E-state index contributed by atoms with van der Waals surface area (Å²) in [5.41, 5.74) is 3.47. The first-order valence-electron chi connectivity index (χ1n) is 9.66. The molecule has 1 saturated carbocycles. The van der Waals surface area contributed by atoms with Gasteiger partial charge in [0.2, 0.25) is 0 Å². The van der Waals surface area contributed by atoms with Crippen LogP contribution in [0.15, 0.2) is 48.5 Å². The molecule has 1 saturated heterocycles. The predicted molar refractivity (Wildman–Crippen MR) is 105 cm³/mol. The average Bonchev–Trinajstić information content (AvgIpc) is 3.15. The molecule has 0 atom stereocenters. The quantitative estimate of drug-likeness (QED) is 0.836. The SMILES string of the molecule is O=C(Nc1ccc(N2CCOC2=O)cc1)c1ccc(C2CCCCC2)cc1. The van der Waals surface area contributed by atoms with Gasteiger partial charge in [0, 0.05) is 16.9 Å². The van der Waals surface area contributed by atoms with E-state index in [1.807, 2.05) is 24.3 Å². The minimum atomic E-state index is -0.329. The lowest BCUT2D eigenvalue weighted by Gasteiger charge is -2.22. The number of hydrogen-bond acceptors (Lipinski definition) is 3. The van der Waals surface area contributed by atoms with Crippen LogP contribution in [0.1, 0.15) is 53.9 Å². The Morgan fingerprint density at radius 1 is 0.963 bits per heavy atom. The Labute approximate surface area is 159 Å². The third-order valence-electron chi connectivity index (χ3n) is 5.45. The number of carbonyl (C=O) groups excluding carboxylic acids is 2. The van der Waals surface area contributed by atoms with E-state index in [4.69, 9.17) is 4.74 Å². The predicted octanol–water partition coefficient (Wildman–Crippen LogP) is 4.94. The number of rotatable bonds is 4. The number of nitrogens with zero attached hydrogens (tertiary/aromatic N) is 1. The van der Waals surface area contributed by atoms with Gasteiger partial charge < -0.3 is 10.1 Å². The highest BCUT2D eigenvalue weighted by Gasteiger charge is 2.23. The van der Waals surface area contributed by atoms with Gasteiger partial charge in [0.25, 0.3) is 5.91 Å². The van der Waals surface area contributed by atoms with Crippen molar-refractivity contribution in [1.29, 1.82) is 0 Å². The molecular weight excluding hydrogens is 340 g/mol. The lowest BCUT2D eigenvalue weighted by atomic mass is 9.84. The van der Waals surface area contributed by atoms with E-state index in [9.17, 15) is 9.59 Å². The molecule has 1 heterocycles. The highest BCUT2D eigenvalue weighted by molar-refractivity contribution is 6.04. The van der Waals surface area contributed by atoms with Crippen molar-refractivity contribution in [3.8, 4) is 0 Å². The number of nitrogens with one attached hydrogen (secondary N) is 1. The van der Waals surface area contributed by atoms with E-state index >= 15 is 0 Å². The van der Waals surface area contributed by atoms with Gasteiger partial charge >= 0.3 is 6.09 Å². The number of benzene rings is 2. The van der Waals surface area contributed by atoms with Crippen LogP contribution in [-0.4, -0.2) is 25.2 Å². The van der Waals surface area contributed by atoms with Crippen molar-refractivity contribution in [2.24, 2.45) is 0 Å². The van der Waals surface area contributed by atoms with E-state index in [1.54, 1.807) is 17.0 Å². The zero-order valence-electron chi connectivity index (χ0n) is 15.3. The van der Waals surface area contributed by atoms with Gasteiger partial charge in [0.1, 0.15) is 6.61 Å². The molecule has 1 N–H and O–H groups in total. The van der Waals surface area contributed by atoms with Crippen molar-refractivity contribution < 1.29 is 14.3 Å². The zero-order valence-corrected chi connectivity index (χ0v) is 15.3. The smallest absolute Gasteiger partial charge is 0.414 e. The molecule has 2 aliphatic rings. The maximum Gasteiger partial charge on any atom is 0.414 e. The number of hydrogen-bond donors (Lipinski definition) is 1. The molecule has 2 aromatic rings. The van der Waals surface area contributed by atoms with E-state index in [0.29, 0.717) is 30.3 Å². The molecule has 5 heteroatoms. The first kappa shape index (κ1) is 17.6. The molecule has 4 rings (SSSR count). The molecule has 2 aromatic carbocycles. The fraction of sp³-hybridized carbons (Fsp3) is 0.364. The Morgan fingerprint density at radius 3 is 2.30 bits per heavy atom. The van der Waals surface area contributed by atoms with Crippen molar-refractivity contribution in [2.75, 3.05) is 23.4 Å². The van der Waals surface area contributed by atoms with Crippen LogP contribution in [0, 0.1) is 0 Å². The molecule has 1 aliphatic heterocycles. The second kappa shape index (κ2) is 7.82. The first-order chi connectivity index (χ1) is 13.2. The van der Waals surface area contributed by atoms with Gasteiger partial charge in [-0.3, -0.25) is 9.69 Å². The highest BCUT2D eigenvalue weighted by Crippen LogP contribution is 2.32. The third-order valence-corrected chi connectivity index (χ3v) is 5.45. The Hall–Kier alpha value is -2.82. The molecule has 0 spiro atoms. The molecule has 0 unspecified atom stereocenters. The Balaban J connectivity index is 1.39. The van der Waals surface area contributed by atoms with Crippen LogP contribution >= 0.6 is 0 Å². The maximum absolute atomic E-state index is 12.5. The summed E-state index contributed by atoms with van der Waals surface area (Å²) in [6.45, 7) is 0.964. The van der Waals surface area contributed by atoms with E-state index < -0.39 is 0 Å².